The molecule has 1 saturated heterocycles. The van der Waals surface area contributed by atoms with Gasteiger partial charge in [0.25, 0.3) is 0 Å². The molecule has 0 spiro atoms. The van der Waals surface area contributed by atoms with E-state index in [1.54, 1.807) is 13.8 Å². The summed E-state index contributed by atoms with van der Waals surface area (Å²) in [5.41, 5.74) is 1.62. The summed E-state index contributed by atoms with van der Waals surface area (Å²) in [5.74, 6) is -0.161. The van der Waals surface area contributed by atoms with Gasteiger partial charge in [0.2, 0.25) is 0 Å². The molecule has 3 rings (SSSR count). The molecule has 1 N–H and O–H groups in total. The number of carbonyl (C=O) groups excluding carboxylic acids is 2. The van der Waals surface area contributed by atoms with Crippen molar-refractivity contribution in [2.45, 2.75) is 57.3 Å². The number of hydrogen-bond acceptors (Lipinski definition) is 4. The maximum absolute atomic E-state index is 12.3. The molecule has 1 aromatic carbocycles. The van der Waals surface area contributed by atoms with E-state index in [1.165, 1.54) is 0 Å². The van der Waals surface area contributed by atoms with Crippen LogP contribution in [0.3, 0.4) is 0 Å². The smallest absolute Gasteiger partial charge is 0.164 e. The van der Waals surface area contributed by atoms with Crippen LogP contribution >= 0.6 is 0 Å². The highest BCUT2D eigenvalue weighted by Crippen LogP contribution is 2.42. The number of hydrogen-bond donors (Lipinski definition) is 1. The topological polar surface area (TPSA) is 63.6 Å². The van der Waals surface area contributed by atoms with Crippen molar-refractivity contribution < 1.29 is 19.4 Å². The molecule has 4 nitrogen and oxygen atoms in total. The van der Waals surface area contributed by atoms with Gasteiger partial charge >= 0.3 is 0 Å². The van der Waals surface area contributed by atoms with Crippen molar-refractivity contribution in [3.63, 3.8) is 0 Å². The quantitative estimate of drug-likeness (QED) is 0.906. The van der Waals surface area contributed by atoms with E-state index >= 15 is 0 Å². The van der Waals surface area contributed by atoms with E-state index in [4.69, 9.17) is 4.74 Å². The Morgan fingerprint density at radius 3 is 2.57 bits per heavy atom. The lowest BCUT2D eigenvalue weighted by Gasteiger charge is -2.26. The third kappa shape index (κ3) is 2.32. The molecule has 1 heterocycles. The van der Waals surface area contributed by atoms with Gasteiger partial charge < -0.3 is 9.84 Å². The fourth-order valence-corrected chi connectivity index (χ4v) is 3.42. The van der Waals surface area contributed by atoms with E-state index in [2.05, 4.69) is 0 Å². The lowest BCUT2D eigenvalue weighted by Crippen LogP contribution is -2.36. The maximum Gasteiger partial charge on any atom is 0.164 e. The van der Waals surface area contributed by atoms with Crippen LogP contribution < -0.4 is 0 Å². The summed E-state index contributed by atoms with van der Waals surface area (Å²) in [6.45, 7) is 5.25. The van der Waals surface area contributed by atoms with Gasteiger partial charge in [0.1, 0.15) is 6.10 Å². The number of aryl methyl sites for hydroxylation is 1. The van der Waals surface area contributed by atoms with Crippen LogP contribution in [0.4, 0.5) is 0 Å². The number of ether oxygens (including phenoxy) is 1. The summed E-state index contributed by atoms with van der Waals surface area (Å²) in [7, 11) is 0. The minimum absolute atomic E-state index is 0.0176. The van der Waals surface area contributed by atoms with Crippen molar-refractivity contribution >= 4 is 11.6 Å². The number of ketones is 2. The molecule has 0 unspecified atom stereocenters. The van der Waals surface area contributed by atoms with Crippen LogP contribution in [0.1, 0.15) is 54.1 Å². The lowest BCUT2D eigenvalue weighted by molar-refractivity contribution is -0.125. The van der Waals surface area contributed by atoms with Gasteiger partial charge in [-0.3, -0.25) is 9.59 Å². The molecular formula is C17H20O4. The highest BCUT2D eigenvalue weighted by Gasteiger charge is 2.47. The second-order valence-corrected chi connectivity index (χ2v) is 6.64. The molecule has 1 aliphatic carbocycles. The van der Waals surface area contributed by atoms with Crippen LogP contribution in [0.5, 0.6) is 0 Å². The second kappa shape index (κ2) is 4.75. The highest BCUT2D eigenvalue weighted by molar-refractivity contribution is 6.03. The largest absolute Gasteiger partial charge is 0.388 e. The Morgan fingerprint density at radius 1 is 1.24 bits per heavy atom. The Balaban J connectivity index is 1.94. The Hall–Kier alpha value is -1.52. The number of benzene rings is 1. The Bertz CT molecular complexity index is 612. The molecular weight excluding hydrogens is 268 g/mol. The Kier molecular flexibility index (Phi) is 3.26. The summed E-state index contributed by atoms with van der Waals surface area (Å²) < 4.78 is 5.83. The van der Waals surface area contributed by atoms with Crippen molar-refractivity contribution in [1.82, 2.24) is 0 Å². The first-order valence-corrected chi connectivity index (χ1v) is 7.32. The normalized spacial score (nSPS) is 29.0. The average molecular weight is 288 g/mol. The van der Waals surface area contributed by atoms with E-state index in [1.807, 2.05) is 25.1 Å². The summed E-state index contributed by atoms with van der Waals surface area (Å²) in [5, 5.41) is 10.1. The van der Waals surface area contributed by atoms with Gasteiger partial charge in [0.15, 0.2) is 11.6 Å². The predicted molar refractivity (Wildman–Crippen MR) is 77.5 cm³/mol. The maximum atomic E-state index is 12.3. The number of Topliss-reactive ketones (excluding diaryl/α,β-unsaturated/α-hetero) is 2. The zero-order valence-corrected chi connectivity index (χ0v) is 12.6. The average Bonchev–Trinajstić information content (AvgIpc) is 2.91. The van der Waals surface area contributed by atoms with Crippen molar-refractivity contribution in [3.05, 3.63) is 34.9 Å². The monoisotopic (exact) mass is 288 g/mol. The molecule has 112 valence electrons. The molecule has 1 aliphatic heterocycles. The fraction of sp³-hybridized carbons (Fsp3) is 0.529. The van der Waals surface area contributed by atoms with Crippen molar-refractivity contribution in [2.24, 2.45) is 0 Å². The van der Waals surface area contributed by atoms with Crippen molar-refractivity contribution in [2.75, 3.05) is 0 Å². The molecule has 0 radical (unpaired) electrons. The second-order valence-electron chi connectivity index (χ2n) is 6.64. The van der Waals surface area contributed by atoms with Gasteiger partial charge in [-0.1, -0.05) is 18.2 Å². The number of fused-ring (bicyclic) bond motifs is 1. The number of aliphatic hydroxyl groups is 1. The van der Waals surface area contributed by atoms with Crippen molar-refractivity contribution in [3.8, 4) is 0 Å². The molecule has 0 bridgehead atoms. The standard InChI is InChI=1S/C17H20O4/c1-9-5-4-6-10-12(18)7-11(15(9)10)16-13(19)8-14(21-16)17(2,3)20/h4-6,11,14,16,20H,7-8H2,1-3H3/t11-,14-,16+/m0/s1. The third-order valence-electron chi connectivity index (χ3n) is 4.57. The highest BCUT2D eigenvalue weighted by atomic mass is 16.5. The molecule has 4 heteroatoms. The zero-order valence-electron chi connectivity index (χ0n) is 12.6. The first-order valence-electron chi connectivity index (χ1n) is 7.32. The van der Waals surface area contributed by atoms with Gasteiger partial charge in [-0.05, 0) is 31.9 Å². The van der Waals surface area contributed by atoms with Gasteiger partial charge in [0, 0.05) is 24.3 Å². The Labute approximate surface area is 124 Å². The first kappa shape index (κ1) is 14.4. The molecule has 1 fully saturated rings. The van der Waals surface area contributed by atoms with Crippen LogP contribution in [-0.2, 0) is 9.53 Å². The zero-order chi connectivity index (χ0) is 15.4. The summed E-state index contributed by atoms with van der Waals surface area (Å²) in [6, 6.07) is 5.64. The van der Waals surface area contributed by atoms with E-state index < -0.39 is 17.8 Å². The van der Waals surface area contributed by atoms with Crippen LogP contribution in [0.15, 0.2) is 18.2 Å². The summed E-state index contributed by atoms with van der Waals surface area (Å²) in [4.78, 5) is 24.5. The van der Waals surface area contributed by atoms with Crippen LogP contribution in [-0.4, -0.2) is 34.5 Å². The van der Waals surface area contributed by atoms with E-state index in [9.17, 15) is 14.7 Å². The van der Waals surface area contributed by atoms with Crippen molar-refractivity contribution in [1.29, 1.82) is 0 Å². The molecule has 3 atom stereocenters. The SMILES string of the molecule is Cc1cccc2c1[C@@H]([C@H]1O[C@H](C(C)(C)O)CC1=O)CC2=O. The number of carbonyl (C=O) groups is 2. The van der Waals surface area contributed by atoms with Gasteiger partial charge in [0.05, 0.1) is 11.7 Å². The fourth-order valence-electron chi connectivity index (χ4n) is 3.42. The van der Waals surface area contributed by atoms with Gasteiger partial charge in [-0.25, -0.2) is 0 Å². The molecule has 0 amide bonds. The minimum Gasteiger partial charge on any atom is -0.388 e. The molecule has 0 aromatic heterocycles. The van der Waals surface area contributed by atoms with E-state index in [0.29, 0.717) is 12.0 Å². The van der Waals surface area contributed by atoms with Gasteiger partial charge in [-0.2, -0.15) is 0 Å². The van der Waals surface area contributed by atoms with Crippen LogP contribution in [0, 0.1) is 6.92 Å². The lowest BCUT2D eigenvalue weighted by atomic mass is 9.89. The summed E-state index contributed by atoms with van der Waals surface area (Å²) >= 11 is 0. The third-order valence-corrected chi connectivity index (χ3v) is 4.57. The number of rotatable bonds is 2. The summed E-state index contributed by atoms with van der Waals surface area (Å²) in [6.07, 6.45) is -0.596. The Morgan fingerprint density at radius 2 is 1.95 bits per heavy atom. The molecule has 21 heavy (non-hydrogen) atoms. The molecule has 2 aliphatic rings. The molecule has 1 aromatic rings. The van der Waals surface area contributed by atoms with Gasteiger partial charge in [-0.15, -0.1) is 0 Å². The predicted octanol–water partition coefficient (Wildman–Crippen LogP) is 2.16. The van der Waals surface area contributed by atoms with E-state index in [-0.39, 0.29) is 23.9 Å². The van der Waals surface area contributed by atoms with Crippen LogP contribution in [0.25, 0.3) is 0 Å². The van der Waals surface area contributed by atoms with Crippen LogP contribution in [0.2, 0.25) is 0 Å². The van der Waals surface area contributed by atoms with E-state index in [0.717, 1.165) is 11.1 Å². The minimum atomic E-state index is -1.05. The molecule has 0 saturated carbocycles. The first-order chi connectivity index (χ1) is 9.79.